The molecule has 1 unspecified atom stereocenters. The fraction of sp³-hybridized carbons (Fsp3) is 0.455. The molecule has 2 bridgehead atoms. The third-order valence-electron chi connectivity index (χ3n) is 6.63. The van der Waals surface area contributed by atoms with Crippen molar-refractivity contribution in [2.24, 2.45) is 0 Å². The minimum absolute atomic E-state index is 0.0122. The van der Waals surface area contributed by atoms with Crippen molar-refractivity contribution in [3.8, 4) is 0 Å². The Hall–Kier alpha value is -2.20. The van der Waals surface area contributed by atoms with Gasteiger partial charge in [-0.05, 0) is 75.4 Å². The van der Waals surface area contributed by atoms with Gasteiger partial charge >= 0.3 is 0 Å². The Balaban J connectivity index is 1.72. The number of pyridine rings is 1. The Labute approximate surface area is 155 Å². The van der Waals surface area contributed by atoms with E-state index >= 15 is 0 Å². The summed E-state index contributed by atoms with van der Waals surface area (Å²) in [6, 6.07) is 10.7. The Morgan fingerprint density at radius 2 is 1.77 bits per heavy atom. The Bertz CT molecular complexity index is 789. The minimum atomic E-state index is -0.0190. The molecule has 4 heteroatoms. The second-order valence-electron chi connectivity index (χ2n) is 7.90. The number of aromatic nitrogens is 1. The van der Waals surface area contributed by atoms with E-state index in [9.17, 15) is 4.79 Å². The van der Waals surface area contributed by atoms with Gasteiger partial charge in [-0.25, -0.2) is 0 Å². The van der Waals surface area contributed by atoms with E-state index in [0.717, 1.165) is 35.1 Å². The molecule has 1 aromatic carbocycles. The lowest BCUT2D eigenvalue weighted by Crippen LogP contribution is -2.51. The van der Waals surface area contributed by atoms with E-state index in [1.54, 1.807) is 0 Å². The van der Waals surface area contributed by atoms with Crippen LogP contribution in [0.5, 0.6) is 0 Å². The number of likely N-dealkylation sites (N-methyl/N-ethyl adjacent to an activating group) is 1. The molecule has 26 heavy (non-hydrogen) atoms. The molecule has 0 aliphatic carbocycles. The number of nitrogens with one attached hydrogen (secondary N) is 1. The predicted molar refractivity (Wildman–Crippen MR) is 103 cm³/mol. The highest BCUT2D eigenvalue weighted by molar-refractivity contribution is 5.97. The number of aryl methyl sites for hydroxylation is 2. The molecule has 0 spiro atoms. The van der Waals surface area contributed by atoms with Gasteiger partial charge in [0.15, 0.2) is 0 Å². The average Bonchev–Trinajstić information content (AvgIpc) is 3.13. The summed E-state index contributed by atoms with van der Waals surface area (Å²) in [5.74, 6) is 0.0283. The van der Waals surface area contributed by atoms with Gasteiger partial charge in [0.1, 0.15) is 0 Å². The van der Waals surface area contributed by atoms with Crippen LogP contribution in [0.3, 0.4) is 0 Å². The summed E-state index contributed by atoms with van der Waals surface area (Å²) in [5, 5.41) is 3.41. The van der Waals surface area contributed by atoms with Crippen molar-refractivity contribution in [3.05, 3.63) is 65.0 Å². The highest BCUT2D eigenvalue weighted by Crippen LogP contribution is 2.51. The van der Waals surface area contributed by atoms with Crippen molar-refractivity contribution in [2.75, 3.05) is 7.05 Å². The van der Waals surface area contributed by atoms with Crippen molar-refractivity contribution in [1.82, 2.24) is 15.2 Å². The zero-order valence-electron chi connectivity index (χ0n) is 15.8. The number of carbonyl (C=O) groups excluding carboxylic acids is 1. The third-order valence-corrected chi connectivity index (χ3v) is 6.63. The van der Waals surface area contributed by atoms with Gasteiger partial charge in [-0.3, -0.25) is 14.7 Å². The second kappa shape index (κ2) is 6.51. The molecule has 4 rings (SSSR count). The molecule has 1 atom stereocenters. The maximum Gasteiger partial charge on any atom is 0.252 e. The maximum atomic E-state index is 13.3. The van der Waals surface area contributed by atoms with E-state index in [2.05, 4.69) is 22.2 Å². The van der Waals surface area contributed by atoms with Gasteiger partial charge in [0, 0.05) is 29.5 Å². The van der Waals surface area contributed by atoms with Crippen LogP contribution in [0, 0.1) is 13.8 Å². The fourth-order valence-electron chi connectivity index (χ4n) is 5.16. The van der Waals surface area contributed by atoms with E-state index in [4.69, 9.17) is 0 Å². The number of nitrogens with zero attached hydrogens (tertiary/aromatic N) is 2. The van der Waals surface area contributed by atoms with Crippen molar-refractivity contribution < 1.29 is 4.79 Å². The normalized spacial score (nSPS) is 26.0. The molecule has 1 N–H and O–H groups in total. The molecule has 0 saturated carbocycles. The van der Waals surface area contributed by atoms with Gasteiger partial charge in [0.05, 0.1) is 6.04 Å². The van der Waals surface area contributed by atoms with Crippen LogP contribution >= 0.6 is 0 Å². The van der Waals surface area contributed by atoms with Crippen LogP contribution in [0.1, 0.15) is 58.8 Å². The number of amides is 1. The van der Waals surface area contributed by atoms with Crippen LogP contribution in [0.15, 0.2) is 42.7 Å². The lowest BCUT2D eigenvalue weighted by Gasteiger charge is -2.41. The van der Waals surface area contributed by atoms with Gasteiger partial charge in [0.2, 0.25) is 0 Å². The molecule has 1 aromatic heterocycles. The topological polar surface area (TPSA) is 45.2 Å². The molecule has 0 radical (unpaired) electrons. The van der Waals surface area contributed by atoms with Crippen LogP contribution in [0.4, 0.5) is 0 Å². The number of rotatable bonds is 4. The summed E-state index contributed by atoms with van der Waals surface area (Å²) >= 11 is 0. The third kappa shape index (κ3) is 2.64. The highest BCUT2D eigenvalue weighted by atomic mass is 16.1. The van der Waals surface area contributed by atoms with Crippen LogP contribution in [0.2, 0.25) is 0 Å². The molecule has 2 aromatic rings. The van der Waals surface area contributed by atoms with Crippen molar-refractivity contribution in [2.45, 2.75) is 57.2 Å². The van der Waals surface area contributed by atoms with Crippen LogP contribution in [-0.2, 0) is 0 Å². The summed E-state index contributed by atoms with van der Waals surface area (Å²) < 4.78 is 0. The zero-order chi connectivity index (χ0) is 18.3. The fourth-order valence-corrected chi connectivity index (χ4v) is 5.16. The predicted octanol–water partition coefficient (Wildman–Crippen LogP) is 3.80. The average molecular weight is 349 g/mol. The lowest BCUT2D eigenvalue weighted by atomic mass is 9.78. The van der Waals surface area contributed by atoms with Crippen molar-refractivity contribution >= 4 is 5.91 Å². The Kier molecular flexibility index (Phi) is 4.31. The summed E-state index contributed by atoms with van der Waals surface area (Å²) in [6.45, 7) is 4.02. The van der Waals surface area contributed by atoms with E-state index < -0.39 is 0 Å². The van der Waals surface area contributed by atoms with E-state index in [1.165, 1.54) is 12.8 Å². The molecule has 2 aliphatic heterocycles. The molecule has 3 heterocycles. The molecule has 2 fully saturated rings. The summed E-state index contributed by atoms with van der Waals surface area (Å²) in [4.78, 5) is 19.9. The first-order valence-electron chi connectivity index (χ1n) is 9.53. The molecular weight excluding hydrogens is 322 g/mol. The SMILES string of the molecule is Cc1cccc(C)c1C(=O)NC(c1ccncc1)C12CCC(CC1)N2C. The first-order valence-corrected chi connectivity index (χ1v) is 9.53. The highest BCUT2D eigenvalue weighted by Gasteiger charge is 2.54. The van der Waals surface area contributed by atoms with Crippen molar-refractivity contribution in [1.29, 1.82) is 0 Å². The summed E-state index contributed by atoms with van der Waals surface area (Å²) in [7, 11) is 2.23. The van der Waals surface area contributed by atoms with Crippen molar-refractivity contribution in [3.63, 3.8) is 0 Å². The first kappa shape index (κ1) is 17.2. The number of hydrogen-bond donors (Lipinski definition) is 1. The minimum Gasteiger partial charge on any atom is -0.343 e. The number of benzene rings is 1. The number of fused-ring (bicyclic) bond motifs is 2. The van der Waals surface area contributed by atoms with E-state index in [0.29, 0.717) is 6.04 Å². The van der Waals surface area contributed by atoms with Crippen LogP contribution < -0.4 is 5.32 Å². The summed E-state index contributed by atoms with van der Waals surface area (Å²) in [5.41, 5.74) is 4.01. The second-order valence-corrected chi connectivity index (χ2v) is 7.90. The van der Waals surface area contributed by atoms with Gasteiger partial charge < -0.3 is 5.32 Å². The monoisotopic (exact) mass is 349 g/mol. The zero-order valence-corrected chi connectivity index (χ0v) is 15.8. The lowest BCUT2D eigenvalue weighted by molar-refractivity contribution is 0.0836. The molecule has 1 amide bonds. The van der Waals surface area contributed by atoms with E-state index in [-0.39, 0.29) is 17.5 Å². The molecule has 136 valence electrons. The quantitative estimate of drug-likeness (QED) is 0.913. The smallest absolute Gasteiger partial charge is 0.252 e. The van der Waals surface area contributed by atoms with Gasteiger partial charge in [-0.15, -0.1) is 0 Å². The van der Waals surface area contributed by atoms with Crippen LogP contribution in [-0.4, -0.2) is 34.4 Å². The van der Waals surface area contributed by atoms with Gasteiger partial charge in [-0.1, -0.05) is 18.2 Å². The standard InChI is InChI=1S/C22H27N3O/c1-15-5-4-6-16(2)19(15)21(26)24-20(17-9-13-23-14-10-17)22-11-7-18(8-12-22)25(22)3/h4-6,9-10,13-14,18,20H,7-8,11-12H2,1-3H3,(H,24,26). The van der Waals surface area contributed by atoms with E-state index in [1.807, 2.05) is 56.6 Å². The largest absolute Gasteiger partial charge is 0.343 e. The van der Waals surface area contributed by atoms with Gasteiger partial charge in [0.25, 0.3) is 5.91 Å². The number of carbonyl (C=O) groups is 1. The van der Waals surface area contributed by atoms with Crippen LogP contribution in [0.25, 0.3) is 0 Å². The maximum absolute atomic E-state index is 13.3. The molecule has 2 aliphatic rings. The molecular formula is C22H27N3O. The summed E-state index contributed by atoms with van der Waals surface area (Å²) in [6.07, 6.45) is 8.36. The van der Waals surface area contributed by atoms with Gasteiger partial charge in [-0.2, -0.15) is 0 Å². The number of hydrogen-bond acceptors (Lipinski definition) is 3. The Morgan fingerprint density at radius 3 is 2.31 bits per heavy atom. The Morgan fingerprint density at radius 1 is 1.15 bits per heavy atom. The molecule has 4 nitrogen and oxygen atoms in total. The first-order chi connectivity index (χ1) is 12.5. The molecule has 2 saturated heterocycles.